The largest absolute Gasteiger partial charge is 0.481 e. The molecule has 2 atom stereocenters. The van der Waals surface area contributed by atoms with Crippen molar-refractivity contribution in [2.45, 2.75) is 19.3 Å². The number of carboxylic acids is 1. The van der Waals surface area contributed by atoms with Crippen LogP contribution in [0.25, 0.3) is 0 Å². The molecule has 1 N–H and O–H groups in total. The van der Waals surface area contributed by atoms with Gasteiger partial charge in [0.2, 0.25) is 11.8 Å². The van der Waals surface area contributed by atoms with E-state index in [9.17, 15) is 23.9 Å². The minimum atomic E-state index is -1.14. The van der Waals surface area contributed by atoms with Gasteiger partial charge in [-0.15, -0.1) is 0 Å². The standard InChI is InChI=1S/C19H23FN2O5/c1-27-12-19(18(25)26)8-2-9-21(11-19)16(23)15-7-10-22(17(15)24)14-5-3-13(20)4-6-14/h3-6,15H,2,7-12H2,1H3,(H,25,26). The number of halogens is 1. The van der Waals surface area contributed by atoms with E-state index in [0.717, 1.165) is 0 Å². The van der Waals surface area contributed by atoms with Gasteiger partial charge in [0.1, 0.15) is 17.2 Å². The van der Waals surface area contributed by atoms with E-state index < -0.39 is 23.1 Å². The number of likely N-dealkylation sites (tertiary alicyclic amines) is 1. The van der Waals surface area contributed by atoms with Crippen LogP contribution in [0, 0.1) is 17.2 Å². The van der Waals surface area contributed by atoms with Gasteiger partial charge >= 0.3 is 5.97 Å². The molecule has 2 saturated heterocycles. The molecule has 0 radical (unpaired) electrons. The molecule has 2 aliphatic heterocycles. The second-order valence-electron chi connectivity index (χ2n) is 7.19. The molecule has 8 heteroatoms. The predicted molar refractivity (Wildman–Crippen MR) is 94.6 cm³/mol. The Kier molecular flexibility index (Phi) is 5.46. The Balaban J connectivity index is 1.73. The van der Waals surface area contributed by atoms with Crippen LogP contribution >= 0.6 is 0 Å². The fourth-order valence-corrected chi connectivity index (χ4v) is 3.96. The lowest BCUT2D eigenvalue weighted by atomic mass is 9.80. The minimum absolute atomic E-state index is 0.0203. The van der Waals surface area contributed by atoms with Crippen LogP contribution in [0.2, 0.25) is 0 Å². The SMILES string of the molecule is COCC1(C(=O)O)CCCN(C(=O)C2CCN(c3ccc(F)cc3)C2=O)C1. The van der Waals surface area contributed by atoms with Crippen LogP contribution < -0.4 is 4.90 Å². The number of nitrogens with zero attached hydrogens (tertiary/aromatic N) is 2. The van der Waals surface area contributed by atoms with Crippen LogP contribution in [-0.2, 0) is 19.1 Å². The number of amides is 2. The van der Waals surface area contributed by atoms with E-state index in [1.54, 1.807) is 0 Å². The number of methoxy groups -OCH3 is 1. The van der Waals surface area contributed by atoms with Crippen molar-refractivity contribution in [2.75, 3.05) is 38.3 Å². The Hall–Kier alpha value is -2.48. The van der Waals surface area contributed by atoms with Gasteiger partial charge in [-0.2, -0.15) is 0 Å². The third-order valence-electron chi connectivity index (χ3n) is 5.40. The quantitative estimate of drug-likeness (QED) is 0.785. The minimum Gasteiger partial charge on any atom is -0.481 e. The molecule has 146 valence electrons. The molecule has 3 rings (SSSR count). The number of aliphatic carboxylic acids is 1. The maximum absolute atomic E-state index is 13.1. The average Bonchev–Trinajstić information content (AvgIpc) is 3.03. The maximum atomic E-state index is 13.1. The zero-order valence-electron chi connectivity index (χ0n) is 15.2. The Morgan fingerprint density at radius 2 is 2.00 bits per heavy atom. The zero-order valence-corrected chi connectivity index (χ0v) is 15.2. The van der Waals surface area contributed by atoms with Gasteiger partial charge in [0.05, 0.1) is 6.61 Å². The van der Waals surface area contributed by atoms with Crippen molar-refractivity contribution in [3.05, 3.63) is 30.1 Å². The first-order valence-corrected chi connectivity index (χ1v) is 8.96. The number of piperidine rings is 1. The van der Waals surface area contributed by atoms with E-state index in [0.29, 0.717) is 38.0 Å². The van der Waals surface area contributed by atoms with Crippen LogP contribution in [0.15, 0.2) is 24.3 Å². The summed E-state index contributed by atoms with van der Waals surface area (Å²) >= 11 is 0. The summed E-state index contributed by atoms with van der Waals surface area (Å²) in [5, 5.41) is 9.63. The second-order valence-corrected chi connectivity index (χ2v) is 7.19. The first kappa shape index (κ1) is 19.3. The number of anilines is 1. The highest BCUT2D eigenvalue weighted by Gasteiger charge is 2.47. The van der Waals surface area contributed by atoms with Gasteiger partial charge in [0, 0.05) is 32.4 Å². The fraction of sp³-hybridized carbons (Fsp3) is 0.526. The fourth-order valence-electron chi connectivity index (χ4n) is 3.96. The van der Waals surface area contributed by atoms with Crippen molar-refractivity contribution >= 4 is 23.5 Å². The summed E-state index contributed by atoms with van der Waals surface area (Å²) in [5.74, 6) is -2.89. The third-order valence-corrected chi connectivity index (χ3v) is 5.40. The van der Waals surface area contributed by atoms with Gasteiger partial charge in [0.15, 0.2) is 0 Å². The molecule has 2 amide bonds. The number of benzene rings is 1. The molecular formula is C19H23FN2O5. The van der Waals surface area contributed by atoms with Crippen molar-refractivity contribution in [3.63, 3.8) is 0 Å². The van der Waals surface area contributed by atoms with Gasteiger partial charge in [-0.1, -0.05) is 0 Å². The van der Waals surface area contributed by atoms with Gasteiger partial charge in [-0.3, -0.25) is 14.4 Å². The lowest BCUT2D eigenvalue weighted by molar-refractivity contribution is -0.160. The molecule has 2 heterocycles. The Morgan fingerprint density at radius 3 is 2.63 bits per heavy atom. The number of ether oxygens (including phenoxy) is 1. The summed E-state index contributed by atoms with van der Waals surface area (Å²) in [6, 6.07) is 5.56. The number of carbonyl (C=O) groups is 3. The van der Waals surface area contributed by atoms with E-state index in [2.05, 4.69) is 0 Å². The summed E-state index contributed by atoms with van der Waals surface area (Å²) in [4.78, 5) is 40.4. The van der Waals surface area contributed by atoms with E-state index >= 15 is 0 Å². The van der Waals surface area contributed by atoms with Gasteiger partial charge in [-0.05, 0) is 43.5 Å². The molecule has 0 spiro atoms. The molecule has 0 aromatic heterocycles. The van der Waals surface area contributed by atoms with Gasteiger partial charge in [-0.25, -0.2) is 4.39 Å². The lowest BCUT2D eigenvalue weighted by Gasteiger charge is -2.40. The molecule has 1 aromatic rings. The van der Waals surface area contributed by atoms with Crippen LogP contribution in [0.5, 0.6) is 0 Å². The predicted octanol–water partition coefficient (Wildman–Crippen LogP) is 1.52. The smallest absolute Gasteiger partial charge is 0.313 e. The van der Waals surface area contributed by atoms with Crippen LogP contribution in [0.4, 0.5) is 10.1 Å². The third kappa shape index (κ3) is 3.66. The Bertz CT molecular complexity index is 734. The summed E-state index contributed by atoms with van der Waals surface area (Å²) in [7, 11) is 1.44. The second kappa shape index (κ2) is 7.64. The maximum Gasteiger partial charge on any atom is 0.313 e. The van der Waals surface area contributed by atoms with E-state index in [-0.39, 0.29) is 25.0 Å². The normalized spacial score (nSPS) is 25.7. The molecule has 27 heavy (non-hydrogen) atoms. The summed E-state index contributed by atoms with van der Waals surface area (Å²) in [6.45, 7) is 0.858. The van der Waals surface area contributed by atoms with Crippen molar-refractivity contribution in [3.8, 4) is 0 Å². The number of hydrogen-bond acceptors (Lipinski definition) is 4. The van der Waals surface area contributed by atoms with Crippen LogP contribution in [0.3, 0.4) is 0 Å². The number of carbonyl (C=O) groups excluding carboxylic acids is 2. The summed E-state index contributed by atoms with van der Waals surface area (Å²) < 4.78 is 18.2. The van der Waals surface area contributed by atoms with Gasteiger partial charge < -0.3 is 19.6 Å². The topological polar surface area (TPSA) is 87.2 Å². The van der Waals surface area contributed by atoms with Crippen LogP contribution in [-0.4, -0.2) is 61.1 Å². The molecule has 7 nitrogen and oxygen atoms in total. The number of rotatable bonds is 5. The van der Waals surface area contributed by atoms with Gasteiger partial charge in [0.25, 0.3) is 0 Å². The zero-order chi connectivity index (χ0) is 19.6. The molecule has 2 fully saturated rings. The highest BCUT2D eigenvalue weighted by atomic mass is 19.1. The van der Waals surface area contributed by atoms with Crippen molar-refractivity contribution in [1.29, 1.82) is 0 Å². The summed E-state index contributed by atoms with van der Waals surface area (Å²) in [6.07, 6.45) is 1.33. The van der Waals surface area contributed by atoms with Crippen molar-refractivity contribution in [1.82, 2.24) is 4.90 Å². The first-order chi connectivity index (χ1) is 12.9. The van der Waals surface area contributed by atoms with E-state index in [1.807, 2.05) is 0 Å². The molecule has 2 aliphatic rings. The Morgan fingerprint density at radius 1 is 1.30 bits per heavy atom. The molecule has 0 bridgehead atoms. The first-order valence-electron chi connectivity index (χ1n) is 8.96. The van der Waals surface area contributed by atoms with Crippen molar-refractivity contribution < 1.29 is 28.6 Å². The molecule has 0 aliphatic carbocycles. The monoisotopic (exact) mass is 378 g/mol. The van der Waals surface area contributed by atoms with E-state index in [4.69, 9.17) is 4.74 Å². The molecule has 0 saturated carbocycles. The lowest BCUT2D eigenvalue weighted by Crippen LogP contribution is -2.54. The number of carboxylic acid groups (broad SMARTS) is 1. The van der Waals surface area contributed by atoms with Crippen LogP contribution in [0.1, 0.15) is 19.3 Å². The highest BCUT2D eigenvalue weighted by molar-refractivity contribution is 6.09. The molecule has 1 aromatic carbocycles. The number of hydrogen-bond donors (Lipinski definition) is 1. The summed E-state index contributed by atoms with van der Waals surface area (Å²) in [5.41, 5.74) is -0.587. The van der Waals surface area contributed by atoms with E-state index in [1.165, 1.54) is 41.2 Å². The average molecular weight is 378 g/mol. The van der Waals surface area contributed by atoms with Crippen molar-refractivity contribution in [2.24, 2.45) is 11.3 Å². The molecule has 2 unspecified atom stereocenters. The highest BCUT2D eigenvalue weighted by Crippen LogP contribution is 2.33. The molecular weight excluding hydrogens is 355 g/mol. The Labute approximate surface area is 156 Å².